The van der Waals surface area contributed by atoms with Crippen LogP contribution in [0.4, 0.5) is 9.18 Å². The second-order valence-electron chi connectivity index (χ2n) is 8.16. The number of phenolic OH excluding ortho intramolecular Hbond substituents is 1. The lowest BCUT2D eigenvalue weighted by atomic mass is 10.0. The van der Waals surface area contributed by atoms with E-state index in [4.69, 9.17) is 4.74 Å². The van der Waals surface area contributed by atoms with Crippen LogP contribution in [0, 0.1) is 11.7 Å². The molecule has 0 fully saturated rings. The van der Waals surface area contributed by atoms with Crippen LogP contribution in [0.25, 0.3) is 10.9 Å². The molecule has 0 radical (unpaired) electrons. The fourth-order valence-corrected chi connectivity index (χ4v) is 3.79. The fraction of sp³-hybridized carbons (Fsp3) is 0.250. The van der Waals surface area contributed by atoms with Crippen molar-refractivity contribution in [2.75, 3.05) is 0 Å². The molecule has 1 aromatic heterocycles. The summed E-state index contributed by atoms with van der Waals surface area (Å²) in [7, 11) is 0. The van der Waals surface area contributed by atoms with Crippen LogP contribution < -0.4 is 10.1 Å². The Hall–Kier alpha value is -4.01. The smallest absolute Gasteiger partial charge is 0.413 e. The van der Waals surface area contributed by atoms with Crippen LogP contribution in [0.2, 0.25) is 0 Å². The number of hydrogen-bond donors (Lipinski definition) is 2. The number of rotatable bonds is 6. The van der Waals surface area contributed by atoms with Crippen LogP contribution in [-0.4, -0.2) is 39.3 Å². The van der Waals surface area contributed by atoms with E-state index < -0.39 is 18.0 Å². The molecule has 1 unspecified atom stereocenters. The number of carbonyl (C=O) groups is 3. The Balaban J connectivity index is 1.72. The first-order chi connectivity index (χ1) is 15.8. The number of benzene rings is 2. The molecule has 9 heteroatoms. The van der Waals surface area contributed by atoms with E-state index in [1.54, 1.807) is 38.1 Å². The summed E-state index contributed by atoms with van der Waals surface area (Å²) in [5, 5.41) is 13.7. The molecule has 2 N–H and O–H groups in total. The number of fused-ring (bicyclic) bond motifs is 2. The van der Waals surface area contributed by atoms with Crippen molar-refractivity contribution in [2.24, 2.45) is 5.92 Å². The summed E-state index contributed by atoms with van der Waals surface area (Å²) in [6.07, 6.45) is 1.22. The number of ether oxygens (including phenoxy) is 1. The largest absolute Gasteiger partial charge is 0.505 e. The molecule has 0 saturated heterocycles. The highest BCUT2D eigenvalue weighted by molar-refractivity contribution is 6.09. The highest BCUT2D eigenvalue weighted by atomic mass is 19.1. The average molecular weight is 451 g/mol. The van der Waals surface area contributed by atoms with E-state index in [1.807, 2.05) is 0 Å². The zero-order valence-corrected chi connectivity index (χ0v) is 18.0. The molecule has 0 saturated carbocycles. The zero-order chi connectivity index (χ0) is 23.7. The van der Waals surface area contributed by atoms with Gasteiger partial charge in [0, 0.05) is 23.7 Å². The van der Waals surface area contributed by atoms with E-state index in [0.29, 0.717) is 22.8 Å². The van der Waals surface area contributed by atoms with Crippen molar-refractivity contribution < 1.29 is 28.6 Å². The molecule has 1 aliphatic heterocycles. The number of phenols is 1. The van der Waals surface area contributed by atoms with Gasteiger partial charge in [-0.2, -0.15) is 0 Å². The Bertz CT molecular complexity index is 1240. The summed E-state index contributed by atoms with van der Waals surface area (Å²) in [4.78, 5) is 42.6. The van der Waals surface area contributed by atoms with E-state index in [2.05, 4.69) is 10.3 Å². The summed E-state index contributed by atoms with van der Waals surface area (Å²) in [6, 6.07) is 8.24. The van der Waals surface area contributed by atoms with Gasteiger partial charge in [-0.25, -0.2) is 9.18 Å². The molecule has 0 bridgehead atoms. The number of nitrogens with zero attached hydrogens (tertiary/aromatic N) is 2. The van der Waals surface area contributed by atoms with Gasteiger partial charge in [0.15, 0.2) is 5.75 Å². The summed E-state index contributed by atoms with van der Waals surface area (Å²) < 4.78 is 18.8. The van der Waals surface area contributed by atoms with Crippen molar-refractivity contribution in [3.05, 3.63) is 65.1 Å². The van der Waals surface area contributed by atoms with Gasteiger partial charge in [-0.15, -0.1) is 0 Å². The first kappa shape index (κ1) is 22.2. The minimum atomic E-state index is -0.858. The van der Waals surface area contributed by atoms with Gasteiger partial charge in [-0.3, -0.25) is 9.78 Å². The summed E-state index contributed by atoms with van der Waals surface area (Å²) in [5.74, 6) is -1.20. The number of pyridine rings is 1. The van der Waals surface area contributed by atoms with E-state index in [9.17, 15) is 23.9 Å². The van der Waals surface area contributed by atoms with Crippen molar-refractivity contribution >= 4 is 29.2 Å². The summed E-state index contributed by atoms with van der Waals surface area (Å²) in [5.41, 5.74) is 1.15. The minimum absolute atomic E-state index is 0.00177. The lowest BCUT2D eigenvalue weighted by molar-refractivity contribution is -0.110. The van der Waals surface area contributed by atoms with Gasteiger partial charge < -0.3 is 24.9 Å². The molecule has 1 atom stereocenters. The predicted octanol–water partition coefficient (Wildman–Crippen LogP) is 3.55. The summed E-state index contributed by atoms with van der Waals surface area (Å²) in [6.45, 7) is 3.79. The number of aromatic hydroxyl groups is 1. The van der Waals surface area contributed by atoms with Gasteiger partial charge >= 0.3 is 6.09 Å². The van der Waals surface area contributed by atoms with Gasteiger partial charge in [0.05, 0.1) is 18.2 Å². The second-order valence-corrected chi connectivity index (χ2v) is 8.16. The normalized spacial score (nSPS) is 13.8. The van der Waals surface area contributed by atoms with Crippen LogP contribution in [0.5, 0.6) is 11.5 Å². The third-order valence-electron chi connectivity index (χ3n) is 5.57. The molecule has 33 heavy (non-hydrogen) atoms. The molecular formula is C24H22FN3O5. The molecule has 4 rings (SSSR count). The van der Waals surface area contributed by atoms with Crippen molar-refractivity contribution in [3.63, 3.8) is 0 Å². The van der Waals surface area contributed by atoms with E-state index in [-0.39, 0.29) is 47.4 Å². The predicted molar refractivity (Wildman–Crippen MR) is 117 cm³/mol. The quantitative estimate of drug-likeness (QED) is 0.555. The molecule has 8 nitrogen and oxygen atoms in total. The maximum Gasteiger partial charge on any atom is 0.413 e. The second kappa shape index (κ2) is 8.85. The molecule has 2 heterocycles. The van der Waals surface area contributed by atoms with Gasteiger partial charge in [-0.1, -0.05) is 26.0 Å². The van der Waals surface area contributed by atoms with E-state index in [1.165, 1.54) is 23.2 Å². The SMILES string of the molecule is CC(C)C(C=O)NC(=O)Oc1c2c(c(O)c3ncccc13)C(=O)N(Cc1ccc(F)cc1)C2. The third-order valence-corrected chi connectivity index (χ3v) is 5.57. The maximum absolute atomic E-state index is 13.2. The Morgan fingerprint density at radius 1 is 1.30 bits per heavy atom. The van der Waals surface area contributed by atoms with Crippen molar-refractivity contribution in [1.82, 2.24) is 15.2 Å². The van der Waals surface area contributed by atoms with Crippen LogP contribution in [0.3, 0.4) is 0 Å². The number of aromatic nitrogens is 1. The fourth-order valence-electron chi connectivity index (χ4n) is 3.79. The Kier molecular flexibility index (Phi) is 5.95. The molecule has 2 aromatic carbocycles. The topological polar surface area (TPSA) is 109 Å². The average Bonchev–Trinajstić information content (AvgIpc) is 3.12. The molecule has 0 aliphatic carbocycles. The van der Waals surface area contributed by atoms with Crippen molar-refractivity contribution in [2.45, 2.75) is 33.0 Å². The summed E-state index contributed by atoms with van der Waals surface area (Å²) >= 11 is 0. The van der Waals surface area contributed by atoms with Gasteiger partial charge in [0.1, 0.15) is 23.4 Å². The lowest BCUT2D eigenvalue weighted by Gasteiger charge is -2.18. The van der Waals surface area contributed by atoms with Gasteiger partial charge in [0.25, 0.3) is 5.91 Å². The molecule has 170 valence electrons. The van der Waals surface area contributed by atoms with Gasteiger partial charge in [0.2, 0.25) is 0 Å². The van der Waals surface area contributed by atoms with Gasteiger partial charge in [-0.05, 0) is 35.7 Å². The monoisotopic (exact) mass is 451 g/mol. The molecule has 3 aromatic rings. The lowest BCUT2D eigenvalue weighted by Crippen LogP contribution is -2.41. The molecular weight excluding hydrogens is 429 g/mol. The standard InChI is InChI=1S/C24H22FN3O5/c1-13(2)18(12-29)27-24(32)33-22-16-4-3-9-26-20(16)21(30)19-17(22)11-28(23(19)31)10-14-5-7-15(25)8-6-14/h3-9,12-13,18,30H,10-11H2,1-2H3,(H,27,32). The minimum Gasteiger partial charge on any atom is -0.505 e. The van der Waals surface area contributed by atoms with E-state index in [0.717, 1.165) is 0 Å². The third kappa shape index (κ3) is 4.21. The Morgan fingerprint density at radius 2 is 2.03 bits per heavy atom. The van der Waals surface area contributed by atoms with Crippen LogP contribution in [0.15, 0.2) is 42.6 Å². The van der Waals surface area contributed by atoms with Crippen LogP contribution in [0.1, 0.15) is 35.3 Å². The Labute approximate surface area is 189 Å². The molecule has 0 spiro atoms. The Morgan fingerprint density at radius 3 is 2.70 bits per heavy atom. The first-order valence-electron chi connectivity index (χ1n) is 10.4. The highest BCUT2D eigenvalue weighted by Gasteiger charge is 2.36. The van der Waals surface area contributed by atoms with Crippen LogP contribution in [-0.2, 0) is 17.9 Å². The van der Waals surface area contributed by atoms with Crippen molar-refractivity contribution in [1.29, 1.82) is 0 Å². The number of amides is 2. The number of carbonyl (C=O) groups excluding carboxylic acids is 3. The highest BCUT2D eigenvalue weighted by Crippen LogP contribution is 2.44. The zero-order valence-electron chi connectivity index (χ0n) is 18.0. The number of aldehydes is 1. The number of nitrogens with one attached hydrogen (secondary N) is 1. The number of hydrogen-bond acceptors (Lipinski definition) is 6. The molecule has 1 aliphatic rings. The first-order valence-corrected chi connectivity index (χ1v) is 10.4. The van der Waals surface area contributed by atoms with Crippen LogP contribution >= 0.6 is 0 Å². The van der Waals surface area contributed by atoms with E-state index >= 15 is 0 Å². The maximum atomic E-state index is 13.2. The molecule has 2 amide bonds. The number of halogens is 1. The van der Waals surface area contributed by atoms with Crippen molar-refractivity contribution in [3.8, 4) is 11.5 Å².